The molecule has 1 atom stereocenters. The first-order valence-electron chi connectivity index (χ1n) is 10.2. The van der Waals surface area contributed by atoms with Crippen LogP contribution in [-0.2, 0) is 0 Å². The quantitative estimate of drug-likeness (QED) is 0.599. The van der Waals surface area contributed by atoms with Crippen molar-refractivity contribution in [2.24, 2.45) is 0 Å². The number of likely N-dealkylation sites (tertiary alicyclic amines) is 1. The predicted molar refractivity (Wildman–Crippen MR) is 118 cm³/mol. The molecule has 0 radical (unpaired) electrons. The van der Waals surface area contributed by atoms with Crippen molar-refractivity contribution in [3.63, 3.8) is 0 Å². The molecule has 3 heterocycles. The number of aromatic nitrogens is 4. The van der Waals surface area contributed by atoms with E-state index in [4.69, 9.17) is 14.2 Å². The smallest absolute Gasteiger partial charge is 0.272 e. The van der Waals surface area contributed by atoms with Crippen LogP contribution in [0.15, 0.2) is 36.7 Å². The van der Waals surface area contributed by atoms with E-state index in [0.717, 1.165) is 5.56 Å². The number of nitrogens with one attached hydrogen (secondary N) is 1. The highest BCUT2D eigenvalue weighted by Gasteiger charge is 2.30. The normalized spacial score (nSPS) is 15.5. The monoisotopic (exact) mass is 438 g/mol. The lowest BCUT2D eigenvalue weighted by atomic mass is 10.1. The summed E-state index contributed by atoms with van der Waals surface area (Å²) in [5.74, 6) is 2.35. The predicted octanol–water partition coefficient (Wildman–Crippen LogP) is 2.24. The second kappa shape index (κ2) is 9.13. The van der Waals surface area contributed by atoms with Gasteiger partial charge in [0.15, 0.2) is 5.82 Å². The Morgan fingerprint density at radius 1 is 1.19 bits per heavy atom. The minimum Gasteiger partial charge on any atom is -0.497 e. The zero-order valence-corrected chi connectivity index (χ0v) is 18.5. The fourth-order valence-electron chi connectivity index (χ4n) is 3.54. The van der Waals surface area contributed by atoms with E-state index >= 15 is 0 Å². The van der Waals surface area contributed by atoms with Crippen molar-refractivity contribution in [3.8, 4) is 28.6 Å². The summed E-state index contributed by atoms with van der Waals surface area (Å²) in [5, 5.41) is 7.16. The van der Waals surface area contributed by atoms with Gasteiger partial charge in [-0.1, -0.05) is 0 Å². The minimum atomic E-state index is -0.147. The second-order valence-corrected chi connectivity index (χ2v) is 7.62. The van der Waals surface area contributed by atoms with Gasteiger partial charge in [-0.3, -0.25) is 14.9 Å². The van der Waals surface area contributed by atoms with Gasteiger partial charge < -0.3 is 24.0 Å². The lowest BCUT2D eigenvalue weighted by molar-refractivity contribution is 0.0765. The van der Waals surface area contributed by atoms with Crippen molar-refractivity contribution >= 4 is 11.7 Å². The molecule has 1 N–H and O–H groups in total. The number of benzene rings is 1. The highest BCUT2D eigenvalue weighted by molar-refractivity contribution is 5.93. The van der Waals surface area contributed by atoms with Gasteiger partial charge in [-0.05, 0) is 24.3 Å². The molecule has 3 aromatic rings. The molecule has 0 saturated carbocycles. The van der Waals surface area contributed by atoms with E-state index in [2.05, 4.69) is 20.2 Å². The second-order valence-electron chi connectivity index (χ2n) is 7.62. The Bertz CT molecular complexity index is 1100. The fraction of sp³-hybridized carbons (Fsp3) is 0.364. The number of anilines is 1. The van der Waals surface area contributed by atoms with Crippen LogP contribution < -0.4 is 19.1 Å². The number of amides is 1. The first kappa shape index (κ1) is 21.4. The van der Waals surface area contributed by atoms with Crippen LogP contribution in [0.3, 0.4) is 0 Å². The van der Waals surface area contributed by atoms with Crippen LogP contribution in [0, 0.1) is 0 Å². The zero-order valence-electron chi connectivity index (χ0n) is 18.5. The molecule has 1 aliphatic heterocycles. The van der Waals surface area contributed by atoms with E-state index in [1.807, 2.05) is 31.1 Å². The van der Waals surface area contributed by atoms with Crippen LogP contribution in [-0.4, -0.2) is 78.5 Å². The zero-order chi connectivity index (χ0) is 22.7. The van der Waals surface area contributed by atoms with Gasteiger partial charge in [-0.2, -0.15) is 10.1 Å². The number of methoxy groups -OCH3 is 2. The highest BCUT2D eigenvalue weighted by Crippen LogP contribution is 2.32. The van der Waals surface area contributed by atoms with E-state index in [1.165, 1.54) is 0 Å². The van der Waals surface area contributed by atoms with Crippen molar-refractivity contribution in [1.29, 1.82) is 0 Å². The van der Waals surface area contributed by atoms with Crippen LogP contribution in [0.25, 0.3) is 11.3 Å². The van der Waals surface area contributed by atoms with Gasteiger partial charge in [-0.15, -0.1) is 0 Å². The molecular formula is C22H26N6O4. The van der Waals surface area contributed by atoms with Gasteiger partial charge in [-0.25, -0.2) is 0 Å². The molecule has 10 heteroatoms. The first-order chi connectivity index (χ1) is 15.5. The molecule has 0 spiro atoms. The molecular weight excluding hydrogens is 412 g/mol. The molecule has 1 saturated heterocycles. The third-order valence-corrected chi connectivity index (χ3v) is 5.27. The van der Waals surface area contributed by atoms with E-state index < -0.39 is 0 Å². The molecule has 1 fully saturated rings. The number of H-pyrrole nitrogens is 1. The summed E-state index contributed by atoms with van der Waals surface area (Å²) in [6.07, 6.45) is 3.82. The van der Waals surface area contributed by atoms with Gasteiger partial charge in [0, 0.05) is 32.6 Å². The van der Waals surface area contributed by atoms with Gasteiger partial charge in [0.25, 0.3) is 5.91 Å². The van der Waals surface area contributed by atoms with Crippen molar-refractivity contribution in [3.05, 3.63) is 42.4 Å². The molecule has 2 aromatic heterocycles. The summed E-state index contributed by atoms with van der Waals surface area (Å²) < 4.78 is 16.7. The van der Waals surface area contributed by atoms with Gasteiger partial charge in [0.05, 0.1) is 38.9 Å². The van der Waals surface area contributed by atoms with E-state index in [9.17, 15) is 4.79 Å². The van der Waals surface area contributed by atoms with E-state index in [0.29, 0.717) is 54.1 Å². The molecule has 1 aliphatic rings. The molecule has 1 unspecified atom stereocenters. The number of ether oxygens (including phenoxy) is 3. The molecule has 0 aliphatic carbocycles. The molecule has 168 valence electrons. The standard InChI is InChI=1S/C22H26N6O4/c1-27(2)20-11-23-12-21(24-20)32-15-7-8-28(13-15)22(29)18-10-17(25-26-18)16-9-14(30-3)5-6-19(16)31-4/h5-6,9-12,15H,7-8,13H2,1-4H3,(H,25,26). The Hall–Kier alpha value is -3.82. The molecule has 10 nitrogen and oxygen atoms in total. The van der Waals surface area contributed by atoms with Crippen molar-refractivity contribution in [2.45, 2.75) is 12.5 Å². The summed E-state index contributed by atoms with van der Waals surface area (Å²) in [6.45, 7) is 1.05. The van der Waals surface area contributed by atoms with Gasteiger partial charge in [0.1, 0.15) is 23.3 Å². The molecule has 4 rings (SSSR count). The van der Waals surface area contributed by atoms with Crippen LogP contribution in [0.5, 0.6) is 17.4 Å². The molecule has 32 heavy (non-hydrogen) atoms. The van der Waals surface area contributed by atoms with Crippen molar-refractivity contribution in [1.82, 2.24) is 25.1 Å². The number of carbonyl (C=O) groups is 1. The Morgan fingerprint density at radius 2 is 2.03 bits per heavy atom. The summed E-state index contributed by atoms with van der Waals surface area (Å²) in [6, 6.07) is 7.16. The third-order valence-electron chi connectivity index (χ3n) is 5.27. The summed E-state index contributed by atoms with van der Waals surface area (Å²) in [4.78, 5) is 25.2. The molecule has 0 bridgehead atoms. The number of carbonyl (C=O) groups excluding carboxylic acids is 1. The number of nitrogens with zero attached hydrogens (tertiary/aromatic N) is 5. The first-order valence-corrected chi connectivity index (χ1v) is 10.2. The van der Waals surface area contributed by atoms with E-state index in [-0.39, 0.29) is 12.0 Å². The number of rotatable bonds is 7. The van der Waals surface area contributed by atoms with E-state index in [1.54, 1.807) is 43.6 Å². The fourth-order valence-corrected chi connectivity index (χ4v) is 3.54. The molecule has 1 amide bonds. The average Bonchev–Trinajstić information content (AvgIpc) is 3.48. The summed E-state index contributed by atoms with van der Waals surface area (Å²) in [7, 11) is 6.97. The largest absolute Gasteiger partial charge is 0.497 e. The lowest BCUT2D eigenvalue weighted by Gasteiger charge is -2.17. The Morgan fingerprint density at radius 3 is 2.78 bits per heavy atom. The Kier molecular flexibility index (Phi) is 6.11. The Balaban J connectivity index is 1.44. The van der Waals surface area contributed by atoms with Crippen LogP contribution in [0.1, 0.15) is 16.9 Å². The number of hydrogen-bond donors (Lipinski definition) is 1. The van der Waals surface area contributed by atoms with Crippen molar-refractivity contribution < 1.29 is 19.0 Å². The third kappa shape index (κ3) is 4.43. The van der Waals surface area contributed by atoms with Crippen LogP contribution in [0.2, 0.25) is 0 Å². The van der Waals surface area contributed by atoms with Crippen LogP contribution in [0.4, 0.5) is 5.82 Å². The summed E-state index contributed by atoms with van der Waals surface area (Å²) in [5.41, 5.74) is 1.75. The average molecular weight is 438 g/mol. The minimum absolute atomic E-state index is 0.134. The lowest BCUT2D eigenvalue weighted by Crippen LogP contribution is -2.31. The summed E-state index contributed by atoms with van der Waals surface area (Å²) >= 11 is 0. The maximum Gasteiger partial charge on any atom is 0.272 e. The topological polar surface area (TPSA) is 106 Å². The van der Waals surface area contributed by atoms with Crippen molar-refractivity contribution in [2.75, 3.05) is 46.3 Å². The number of aromatic amines is 1. The van der Waals surface area contributed by atoms with Gasteiger partial charge >= 0.3 is 0 Å². The molecule has 1 aromatic carbocycles. The SMILES string of the molecule is COc1ccc(OC)c(-c2cc(C(=O)N3CCC(Oc4cncc(N(C)C)n4)C3)[nH]n2)c1. The van der Waals surface area contributed by atoms with Crippen LogP contribution >= 0.6 is 0 Å². The Labute approximate surface area is 186 Å². The maximum absolute atomic E-state index is 13.0. The van der Waals surface area contributed by atoms with Gasteiger partial charge in [0.2, 0.25) is 5.88 Å². The highest BCUT2D eigenvalue weighted by atomic mass is 16.5. The number of hydrogen-bond acceptors (Lipinski definition) is 8. The maximum atomic E-state index is 13.0.